The summed E-state index contributed by atoms with van der Waals surface area (Å²) in [6.45, 7) is 0.460. The molecule has 1 saturated carbocycles. The Kier molecular flexibility index (Phi) is 4.49. The van der Waals surface area contributed by atoms with Crippen LogP contribution in [0.15, 0.2) is 24.3 Å². The molecule has 0 bridgehead atoms. The molecule has 1 aliphatic carbocycles. The SMILES string of the molecule is COc1ccc(C=CC(=O)O)c(OCC2(CC#N)CC2)c1. The maximum atomic E-state index is 10.6. The van der Waals surface area contributed by atoms with Gasteiger partial charge in [0.1, 0.15) is 11.5 Å². The Morgan fingerprint density at radius 3 is 2.86 bits per heavy atom. The van der Waals surface area contributed by atoms with Crippen molar-refractivity contribution in [3.8, 4) is 17.6 Å². The van der Waals surface area contributed by atoms with Gasteiger partial charge in [-0.2, -0.15) is 5.26 Å². The molecule has 0 radical (unpaired) electrons. The number of benzene rings is 1. The predicted molar refractivity (Wildman–Crippen MR) is 77.1 cm³/mol. The monoisotopic (exact) mass is 287 g/mol. The highest BCUT2D eigenvalue weighted by atomic mass is 16.5. The summed E-state index contributed by atoms with van der Waals surface area (Å²) >= 11 is 0. The van der Waals surface area contributed by atoms with Gasteiger partial charge in [-0.3, -0.25) is 0 Å². The third kappa shape index (κ3) is 3.99. The molecule has 0 aliphatic heterocycles. The molecule has 1 fully saturated rings. The van der Waals surface area contributed by atoms with Gasteiger partial charge in [0.2, 0.25) is 0 Å². The third-order valence-corrected chi connectivity index (χ3v) is 3.57. The van der Waals surface area contributed by atoms with Crippen molar-refractivity contribution in [1.82, 2.24) is 0 Å². The smallest absolute Gasteiger partial charge is 0.328 e. The molecule has 1 aromatic rings. The number of ether oxygens (including phenoxy) is 2. The average molecular weight is 287 g/mol. The second kappa shape index (κ2) is 6.31. The summed E-state index contributed by atoms with van der Waals surface area (Å²) in [5, 5.41) is 17.5. The Morgan fingerprint density at radius 1 is 1.52 bits per heavy atom. The molecule has 1 aromatic carbocycles. The minimum absolute atomic E-state index is 0.0361. The third-order valence-electron chi connectivity index (χ3n) is 3.57. The Hall–Kier alpha value is -2.48. The first kappa shape index (κ1) is 14.9. The van der Waals surface area contributed by atoms with Crippen LogP contribution in [0.3, 0.4) is 0 Å². The van der Waals surface area contributed by atoms with Crippen LogP contribution in [0.2, 0.25) is 0 Å². The number of rotatable bonds is 7. The number of nitrogens with zero attached hydrogens (tertiary/aromatic N) is 1. The first-order chi connectivity index (χ1) is 10.1. The van der Waals surface area contributed by atoms with Gasteiger partial charge in [-0.25, -0.2) is 4.79 Å². The molecule has 0 spiro atoms. The lowest BCUT2D eigenvalue weighted by atomic mass is 10.1. The lowest BCUT2D eigenvalue weighted by Crippen LogP contribution is -2.13. The van der Waals surface area contributed by atoms with Gasteiger partial charge in [0.05, 0.1) is 19.8 Å². The molecular formula is C16H17NO4. The maximum Gasteiger partial charge on any atom is 0.328 e. The Labute approximate surface area is 123 Å². The van der Waals surface area contributed by atoms with Crippen molar-refractivity contribution in [1.29, 1.82) is 5.26 Å². The summed E-state index contributed by atoms with van der Waals surface area (Å²) in [6, 6.07) is 7.41. The van der Waals surface area contributed by atoms with Crippen molar-refractivity contribution in [3.63, 3.8) is 0 Å². The van der Waals surface area contributed by atoms with E-state index in [1.807, 2.05) is 0 Å². The summed E-state index contributed by atoms with van der Waals surface area (Å²) in [6.07, 6.45) is 5.02. The van der Waals surface area contributed by atoms with Gasteiger partial charge >= 0.3 is 5.97 Å². The number of aliphatic carboxylic acids is 1. The summed E-state index contributed by atoms with van der Waals surface area (Å²) in [5.41, 5.74) is 0.636. The lowest BCUT2D eigenvalue weighted by Gasteiger charge is -2.15. The van der Waals surface area contributed by atoms with E-state index in [1.54, 1.807) is 25.3 Å². The minimum atomic E-state index is -1.01. The van der Waals surface area contributed by atoms with E-state index in [1.165, 1.54) is 6.08 Å². The Balaban J connectivity index is 2.15. The predicted octanol–water partition coefficient (Wildman–Crippen LogP) is 2.87. The standard InChI is InChI=1S/C16H17NO4/c1-20-13-4-2-12(3-5-15(18)19)14(10-13)21-11-16(6-7-16)8-9-17/h2-5,10H,6-8,11H2,1H3,(H,18,19). The number of hydrogen-bond acceptors (Lipinski definition) is 4. The van der Waals surface area contributed by atoms with Crippen LogP contribution in [0.1, 0.15) is 24.8 Å². The highest BCUT2D eigenvalue weighted by Gasteiger charge is 2.43. The fraction of sp³-hybridized carbons (Fsp3) is 0.375. The normalized spacial score (nSPS) is 15.4. The van der Waals surface area contributed by atoms with E-state index < -0.39 is 5.97 Å². The van der Waals surface area contributed by atoms with Gasteiger partial charge in [0, 0.05) is 29.5 Å². The van der Waals surface area contributed by atoms with Crippen molar-refractivity contribution in [2.24, 2.45) is 5.41 Å². The highest BCUT2D eigenvalue weighted by molar-refractivity contribution is 5.86. The first-order valence-corrected chi connectivity index (χ1v) is 6.67. The van der Waals surface area contributed by atoms with Crippen LogP contribution in [0, 0.1) is 16.7 Å². The van der Waals surface area contributed by atoms with Crippen LogP contribution in [0.4, 0.5) is 0 Å². The van der Waals surface area contributed by atoms with Crippen molar-refractivity contribution >= 4 is 12.0 Å². The van der Waals surface area contributed by atoms with Crippen LogP contribution in [-0.4, -0.2) is 24.8 Å². The number of carbonyl (C=O) groups is 1. The van der Waals surface area contributed by atoms with Crippen molar-refractivity contribution in [2.75, 3.05) is 13.7 Å². The lowest BCUT2D eigenvalue weighted by molar-refractivity contribution is -0.131. The van der Waals surface area contributed by atoms with E-state index in [0.717, 1.165) is 18.9 Å². The summed E-state index contributed by atoms with van der Waals surface area (Å²) in [5.74, 6) is 0.193. The Morgan fingerprint density at radius 2 is 2.29 bits per heavy atom. The first-order valence-electron chi connectivity index (χ1n) is 6.67. The molecule has 0 heterocycles. The van der Waals surface area contributed by atoms with E-state index in [-0.39, 0.29) is 5.41 Å². The van der Waals surface area contributed by atoms with Gasteiger partial charge < -0.3 is 14.6 Å². The van der Waals surface area contributed by atoms with Crippen LogP contribution in [0.25, 0.3) is 6.08 Å². The highest BCUT2D eigenvalue weighted by Crippen LogP contribution is 2.49. The number of nitriles is 1. The largest absolute Gasteiger partial charge is 0.497 e. The minimum Gasteiger partial charge on any atom is -0.497 e. The molecule has 110 valence electrons. The zero-order valence-corrected chi connectivity index (χ0v) is 11.8. The molecule has 5 heteroatoms. The molecular weight excluding hydrogens is 270 g/mol. The summed E-state index contributed by atoms with van der Waals surface area (Å²) in [7, 11) is 1.56. The van der Waals surface area contributed by atoms with Gasteiger partial charge in [0.15, 0.2) is 0 Å². The van der Waals surface area contributed by atoms with Gasteiger partial charge in [-0.1, -0.05) is 0 Å². The van der Waals surface area contributed by atoms with Crippen LogP contribution < -0.4 is 9.47 Å². The van der Waals surface area contributed by atoms with E-state index in [9.17, 15) is 4.79 Å². The van der Waals surface area contributed by atoms with Crippen molar-refractivity contribution < 1.29 is 19.4 Å². The van der Waals surface area contributed by atoms with Crippen LogP contribution in [-0.2, 0) is 4.79 Å². The topological polar surface area (TPSA) is 79.6 Å². The second-order valence-corrected chi connectivity index (χ2v) is 5.20. The van der Waals surface area contributed by atoms with Gasteiger partial charge in [0.25, 0.3) is 0 Å². The molecule has 0 aromatic heterocycles. The van der Waals surface area contributed by atoms with Crippen LogP contribution >= 0.6 is 0 Å². The summed E-state index contributed by atoms with van der Waals surface area (Å²) in [4.78, 5) is 10.6. The van der Waals surface area contributed by atoms with E-state index in [4.69, 9.17) is 19.8 Å². The van der Waals surface area contributed by atoms with E-state index in [2.05, 4.69) is 6.07 Å². The zero-order chi connectivity index (χ0) is 15.3. The number of methoxy groups -OCH3 is 1. The van der Waals surface area contributed by atoms with Crippen molar-refractivity contribution in [2.45, 2.75) is 19.3 Å². The molecule has 21 heavy (non-hydrogen) atoms. The van der Waals surface area contributed by atoms with Gasteiger partial charge in [-0.05, 0) is 31.1 Å². The molecule has 0 saturated heterocycles. The fourth-order valence-electron chi connectivity index (χ4n) is 2.01. The van der Waals surface area contributed by atoms with Gasteiger partial charge in [-0.15, -0.1) is 0 Å². The quantitative estimate of drug-likeness (QED) is 0.780. The molecule has 1 N–H and O–H groups in total. The van der Waals surface area contributed by atoms with E-state index in [0.29, 0.717) is 30.1 Å². The van der Waals surface area contributed by atoms with Crippen LogP contribution in [0.5, 0.6) is 11.5 Å². The summed E-state index contributed by atoms with van der Waals surface area (Å²) < 4.78 is 11.0. The zero-order valence-electron chi connectivity index (χ0n) is 11.8. The molecule has 0 amide bonds. The molecule has 2 rings (SSSR count). The average Bonchev–Trinajstić information content (AvgIpc) is 3.23. The second-order valence-electron chi connectivity index (χ2n) is 5.20. The Bertz CT molecular complexity index is 597. The number of hydrogen-bond donors (Lipinski definition) is 1. The van der Waals surface area contributed by atoms with Crippen molar-refractivity contribution in [3.05, 3.63) is 29.8 Å². The number of carboxylic acid groups (broad SMARTS) is 1. The molecule has 0 atom stereocenters. The van der Waals surface area contributed by atoms with E-state index >= 15 is 0 Å². The number of carboxylic acids is 1. The fourth-order valence-corrected chi connectivity index (χ4v) is 2.01. The maximum absolute atomic E-state index is 10.6. The molecule has 0 unspecified atom stereocenters. The molecule has 5 nitrogen and oxygen atoms in total. The molecule has 1 aliphatic rings.